The first-order chi connectivity index (χ1) is 11.1. The van der Waals surface area contributed by atoms with Gasteiger partial charge in [-0.05, 0) is 36.4 Å². The van der Waals surface area contributed by atoms with Crippen molar-refractivity contribution in [1.29, 1.82) is 0 Å². The second kappa shape index (κ2) is 7.26. The third-order valence-electron chi connectivity index (χ3n) is 3.04. The van der Waals surface area contributed by atoms with Crippen molar-refractivity contribution in [3.8, 4) is 11.5 Å². The average molecular weight is 318 g/mol. The molecule has 2 aromatic rings. The molecule has 0 bridgehead atoms. The van der Waals surface area contributed by atoms with Gasteiger partial charge >= 0.3 is 0 Å². The lowest BCUT2D eigenvalue weighted by Gasteiger charge is -2.13. The number of para-hydroxylation sites is 1. The van der Waals surface area contributed by atoms with Crippen molar-refractivity contribution in [3.63, 3.8) is 0 Å². The summed E-state index contributed by atoms with van der Waals surface area (Å²) in [6, 6.07) is 9.72. The van der Waals surface area contributed by atoms with Gasteiger partial charge in [0, 0.05) is 5.56 Å². The quantitative estimate of drug-likeness (QED) is 0.845. The van der Waals surface area contributed by atoms with E-state index >= 15 is 0 Å². The van der Waals surface area contributed by atoms with Crippen LogP contribution in [0.15, 0.2) is 42.5 Å². The molecule has 2 rings (SSSR count). The highest BCUT2D eigenvalue weighted by molar-refractivity contribution is 6.00. The maximum absolute atomic E-state index is 12.8. The predicted octanol–water partition coefficient (Wildman–Crippen LogP) is 1.92. The Kier molecular flexibility index (Phi) is 5.14. The fraction of sp³-hybridized carbons (Fsp3) is 0.125. The van der Waals surface area contributed by atoms with Crippen molar-refractivity contribution in [3.05, 3.63) is 59.4 Å². The average Bonchev–Trinajstić information content (AvgIpc) is 2.59. The van der Waals surface area contributed by atoms with Crippen molar-refractivity contribution < 1.29 is 23.5 Å². The van der Waals surface area contributed by atoms with E-state index in [9.17, 15) is 14.0 Å². The molecule has 0 spiro atoms. The first-order valence-electron chi connectivity index (χ1n) is 6.64. The number of benzene rings is 2. The Balaban J connectivity index is 2.08. The summed E-state index contributed by atoms with van der Waals surface area (Å²) in [6.45, 7) is 0. The molecule has 2 amide bonds. The van der Waals surface area contributed by atoms with Gasteiger partial charge in [0.2, 0.25) is 0 Å². The van der Waals surface area contributed by atoms with Crippen LogP contribution in [-0.4, -0.2) is 26.0 Å². The van der Waals surface area contributed by atoms with E-state index in [1.54, 1.807) is 12.1 Å². The first kappa shape index (κ1) is 16.3. The molecule has 0 atom stereocenters. The molecular formula is C16H15FN2O4. The third kappa shape index (κ3) is 3.76. The van der Waals surface area contributed by atoms with Gasteiger partial charge in [-0.1, -0.05) is 6.07 Å². The number of hydrazine groups is 1. The molecule has 0 aromatic heterocycles. The van der Waals surface area contributed by atoms with Gasteiger partial charge in [0.25, 0.3) is 11.8 Å². The minimum Gasteiger partial charge on any atom is -0.493 e. The van der Waals surface area contributed by atoms with E-state index in [2.05, 4.69) is 10.9 Å². The molecule has 0 heterocycles. The Morgan fingerprint density at radius 3 is 2.17 bits per heavy atom. The Labute approximate surface area is 132 Å². The summed E-state index contributed by atoms with van der Waals surface area (Å²) in [4.78, 5) is 24.0. The zero-order chi connectivity index (χ0) is 16.8. The summed E-state index contributed by atoms with van der Waals surface area (Å²) < 4.78 is 23.1. The first-order valence-corrected chi connectivity index (χ1v) is 6.64. The van der Waals surface area contributed by atoms with Crippen molar-refractivity contribution >= 4 is 11.8 Å². The van der Waals surface area contributed by atoms with E-state index in [-0.39, 0.29) is 16.9 Å². The Hall–Kier alpha value is -3.09. The highest BCUT2D eigenvalue weighted by atomic mass is 19.1. The molecule has 6 nitrogen and oxygen atoms in total. The van der Waals surface area contributed by atoms with E-state index in [1.807, 2.05) is 0 Å². The maximum atomic E-state index is 12.8. The van der Waals surface area contributed by atoms with Crippen LogP contribution in [0.1, 0.15) is 20.7 Å². The van der Waals surface area contributed by atoms with E-state index in [0.717, 1.165) is 12.1 Å². The highest BCUT2D eigenvalue weighted by Crippen LogP contribution is 2.30. The number of rotatable bonds is 4. The topological polar surface area (TPSA) is 76.7 Å². The molecule has 0 aliphatic carbocycles. The highest BCUT2D eigenvalue weighted by Gasteiger charge is 2.17. The van der Waals surface area contributed by atoms with Gasteiger partial charge < -0.3 is 9.47 Å². The lowest BCUT2D eigenvalue weighted by Crippen LogP contribution is -2.41. The lowest BCUT2D eigenvalue weighted by atomic mass is 10.1. The smallest absolute Gasteiger partial charge is 0.273 e. The molecule has 0 saturated heterocycles. The maximum Gasteiger partial charge on any atom is 0.273 e. The van der Waals surface area contributed by atoms with Crippen LogP contribution in [0, 0.1) is 5.82 Å². The van der Waals surface area contributed by atoms with Crippen LogP contribution in [0.2, 0.25) is 0 Å². The number of carbonyl (C=O) groups is 2. The largest absolute Gasteiger partial charge is 0.493 e. The van der Waals surface area contributed by atoms with Gasteiger partial charge in [-0.15, -0.1) is 0 Å². The van der Waals surface area contributed by atoms with Gasteiger partial charge in [0.1, 0.15) is 5.82 Å². The molecule has 0 aliphatic rings. The number of ether oxygens (including phenoxy) is 2. The fourth-order valence-electron chi connectivity index (χ4n) is 1.92. The molecule has 120 valence electrons. The van der Waals surface area contributed by atoms with Crippen molar-refractivity contribution in [2.45, 2.75) is 0 Å². The van der Waals surface area contributed by atoms with Gasteiger partial charge in [-0.2, -0.15) is 0 Å². The number of hydrogen-bond acceptors (Lipinski definition) is 4. The number of amides is 2. The van der Waals surface area contributed by atoms with E-state index < -0.39 is 17.6 Å². The number of methoxy groups -OCH3 is 2. The van der Waals surface area contributed by atoms with Crippen LogP contribution in [0.3, 0.4) is 0 Å². The molecule has 0 radical (unpaired) electrons. The van der Waals surface area contributed by atoms with Crippen LogP contribution >= 0.6 is 0 Å². The monoisotopic (exact) mass is 318 g/mol. The molecule has 0 saturated carbocycles. The number of carbonyl (C=O) groups excluding carboxylic acids is 2. The van der Waals surface area contributed by atoms with Gasteiger partial charge in [0.15, 0.2) is 11.5 Å². The van der Waals surface area contributed by atoms with Crippen molar-refractivity contribution in [2.24, 2.45) is 0 Å². The fourth-order valence-corrected chi connectivity index (χ4v) is 1.92. The van der Waals surface area contributed by atoms with Crippen LogP contribution in [0.5, 0.6) is 11.5 Å². The van der Waals surface area contributed by atoms with Crippen molar-refractivity contribution in [1.82, 2.24) is 10.9 Å². The molecular weight excluding hydrogens is 303 g/mol. The molecule has 0 unspecified atom stereocenters. The van der Waals surface area contributed by atoms with Crippen LogP contribution < -0.4 is 20.3 Å². The van der Waals surface area contributed by atoms with Crippen LogP contribution in [0.25, 0.3) is 0 Å². The summed E-state index contributed by atoms with van der Waals surface area (Å²) in [5, 5.41) is 0. The minimum atomic E-state index is -0.573. The second-order valence-electron chi connectivity index (χ2n) is 4.46. The summed E-state index contributed by atoms with van der Waals surface area (Å²) in [7, 11) is 2.86. The summed E-state index contributed by atoms with van der Waals surface area (Å²) in [5.74, 6) is -0.948. The van der Waals surface area contributed by atoms with Gasteiger partial charge in [-0.25, -0.2) is 4.39 Å². The van der Waals surface area contributed by atoms with E-state index in [4.69, 9.17) is 9.47 Å². The SMILES string of the molecule is COc1cccc(C(=O)NNC(=O)c2ccc(F)cc2)c1OC. The lowest BCUT2D eigenvalue weighted by molar-refractivity contribution is 0.0844. The van der Waals surface area contributed by atoms with Crippen molar-refractivity contribution in [2.75, 3.05) is 14.2 Å². The summed E-state index contributed by atoms with van der Waals surface area (Å²) >= 11 is 0. The number of halogens is 1. The summed E-state index contributed by atoms with van der Waals surface area (Å²) in [6.07, 6.45) is 0. The Morgan fingerprint density at radius 2 is 1.57 bits per heavy atom. The van der Waals surface area contributed by atoms with E-state index in [1.165, 1.54) is 32.4 Å². The normalized spacial score (nSPS) is 9.87. The number of nitrogens with one attached hydrogen (secondary N) is 2. The Morgan fingerprint density at radius 1 is 0.913 bits per heavy atom. The summed E-state index contributed by atoms with van der Waals surface area (Å²) in [5.41, 5.74) is 4.93. The zero-order valence-corrected chi connectivity index (χ0v) is 12.6. The molecule has 2 aromatic carbocycles. The van der Waals surface area contributed by atoms with Gasteiger partial charge in [-0.3, -0.25) is 20.4 Å². The molecule has 0 aliphatic heterocycles. The van der Waals surface area contributed by atoms with Crippen LogP contribution in [0.4, 0.5) is 4.39 Å². The number of hydrogen-bond donors (Lipinski definition) is 2. The zero-order valence-electron chi connectivity index (χ0n) is 12.6. The second-order valence-corrected chi connectivity index (χ2v) is 4.46. The Bertz CT molecular complexity index is 717. The molecule has 2 N–H and O–H groups in total. The van der Waals surface area contributed by atoms with E-state index in [0.29, 0.717) is 5.75 Å². The molecule has 23 heavy (non-hydrogen) atoms. The molecule has 7 heteroatoms. The minimum absolute atomic E-state index is 0.200. The molecule has 0 fully saturated rings. The third-order valence-corrected chi connectivity index (χ3v) is 3.04. The predicted molar refractivity (Wildman–Crippen MR) is 80.9 cm³/mol. The van der Waals surface area contributed by atoms with Gasteiger partial charge in [0.05, 0.1) is 19.8 Å². The van der Waals surface area contributed by atoms with Crippen LogP contribution in [-0.2, 0) is 0 Å². The standard InChI is InChI=1S/C16H15FN2O4/c1-22-13-5-3-4-12(14(13)23-2)16(21)19-18-15(20)10-6-8-11(17)9-7-10/h3-9H,1-2H3,(H,18,20)(H,19,21).